The molecule has 1 aliphatic rings. The molecule has 0 bridgehead atoms. The molecule has 0 aromatic heterocycles. The molecule has 0 saturated heterocycles. The Hall–Kier alpha value is -1.78. The van der Waals surface area contributed by atoms with Gasteiger partial charge in [0.2, 0.25) is 0 Å². The Morgan fingerprint density at radius 2 is 2.36 bits per heavy atom. The van der Waals surface area contributed by atoms with Crippen LogP contribution in [0.1, 0.15) is 0 Å². The predicted octanol–water partition coefficient (Wildman–Crippen LogP) is 1.17. The molecule has 1 aromatic rings. The van der Waals surface area contributed by atoms with Crippen molar-refractivity contribution < 1.29 is 18.7 Å². The monoisotopic (exact) mass is 197 g/mol. The SMILES string of the molecule is COc1ccc2c(c1F)NC(=O)CO2. The minimum absolute atomic E-state index is 0.0422. The van der Waals surface area contributed by atoms with E-state index in [1.54, 1.807) is 6.07 Å². The lowest BCUT2D eigenvalue weighted by atomic mass is 10.2. The third-order valence-electron chi connectivity index (χ3n) is 1.91. The lowest BCUT2D eigenvalue weighted by molar-refractivity contribution is -0.118. The van der Waals surface area contributed by atoms with E-state index in [1.165, 1.54) is 13.2 Å². The second-order valence-corrected chi connectivity index (χ2v) is 2.79. The Morgan fingerprint density at radius 1 is 1.57 bits per heavy atom. The van der Waals surface area contributed by atoms with Crippen molar-refractivity contribution in [2.45, 2.75) is 0 Å². The first-order valence-corrected chi connectivity index (χ1v) is 4.01. The number of benzene rings is 1. The van der Waals surface area contributed by atoms with Crippen molar-refractivity contribution in [3.05, 3.63) is 17.9 Å². The van der Waals surface area contributed by atoms with Crippen LogP contribution in [0, 0.1) is 5.82 Å². The maximum atomic E-state index is 13.5. The third kappa shape index (κ3) is 1.26. The van der Waals surface area contributed by atoms with Gasteiger partial charge in [0.05, 0.1) is 7.11 Å². The van der Waals surface area contributed by atoms with E-state index in [4.69, 9.17) is 9.47 Å². The average Bonchev–Trinajstić information content (AvgIpc) is 2.20. The number of rotatable bonds is 1. The molecular weight excluding hydrogens is 189 g/mol. The van der Waals surface area contributed by atoms with Crippen LogP contribution in [-0.4, -0.2) is 19.6 Å². The second-order valence-electron chi connectivity index (χ2n) is 2.79. The van der Waals surface area contributed by atoms with E-state index >= 15 is 0 Å². The Morgan fingerprint density at radius 3 is 3.07 bits per heavy atom. The molecular formula is C9H8FNO3. The molecule has 0 atom stereocenters. The van der Waals surface area contributed by atoms with Crippen molar-refractivity contribution in [2.24, 2.45) is 0 Å². The molecule has 14 heavy (non-hydrogen) atoms. The highest BCUT2D eigenvalue weighted by atomic mass is 19.1. The lowest BCUT2D eigenvalue weighted by Gasteiger charge is -2.19. The second kappa shape index (κ2) is 3.17. The molecule has 74 valence electrons. The van der Waals surface area contributed by atoms with Gasteiger partial charge in [-0.2, -0.15) is 0 Å². The number of hydrogen-bond donors (Lipinski definition) is 1. The van der Waals surface area contributed by atoms with Gasteiger partial charge in [-0.1, -0.05) is 0 Å². The lowest BCUT2D eigenvalue weighted by Crippen LogP contribution is -2.26. The van der Waals surface area contributed by atoms with Crippen molar-refractivity contribution in [1.29, 1.82) is 0 Å². The van der Waals surface area contributed by atoms with Crippen LogP contribution >= 0.6 is 0 Å². The largest absolute Gasteiger partial charge is 0.494 e. The zero-order valence-corrected chi connectivity index (χ0v) is 7.46. The molecule has 1 aliphatic heterocycles. The molecule has 4 nitrogen and oxygen atoms in total. The summed E-state index contributed by atoms with van der Waals surface area (Å²) in [6.45, 7) is -0.0846. The molecule has 0 spiro atoms. The molecule has 0 fully saturated rings. The highest BCUT2D eigenvalue weighted by molar-refractivity contribution is 5.95. The van der Waals surface area contributed by atoms with E-state index in [2.05, 4.69) is 5.32 Å². The van der Waals surface area contributed by atoms with E-state index in [1.807, 2.05) is 0 Å². The minimum Gasteiger partial charge on any atom is -0.494 e. The Bertz CT molecular complexity index is 392. The summed E-state index contributed by atoms with van der Waals surface area (Å²) in [5.41, 5.74) is 0.0422. The van der Waals surface area contributed by atoms with Crippen molar-refractivity contribution in [1.82, 2.24) is 0 Å². The van der Waals surface area contributed by atoms with Crippen LogP contribution in [0.25, 0.3) is 0 Å². The smallest absolute Gasteiger partial charge is 0.262 e. The van der Waals surface area contributed by atoms with Crippen LogP contribution in [0.2, 0.25) is 0 Å². The topological polar surface area (TPSA) is 47.6 Å². The number of ether oxygens (including phenoxy) is 2. The van der Waals surface area contributed by atoms with Gasteiger partial charge >= 0.3 is 0 Å². The first-order valence-electron chi connectivity index (χ1n) is 4.01. The summed E-state index contributed by atoms with van der Waals surface area (Å²) in [7, 11) is 1.36. The van der Waals surface area contributed by atoms with Gasteiger partial charge in [0.25, 0.3) is 5.91 Å². The highest BCUT2D eigenvalue weighted by Gasteiger charge is 2.21. The Balaban J connectivity index is 2.50. The summed E-state index contributed by atoms with van der Waals surface area (Å²) in [5, 5.41) is 2.38. The van der Waals surface area contributed by atoms with Gasteiger partial charge in [-0.15, -0.1) is 0 Å². The number of carbonyl (C=O) groups excluding carboxylic acids is 1. The fraction of sp³-hybridized carbons (Fsp3) is 0.222. The van der Waals surface area contributed by atoms with E-state index in [9.17, 15) is 9.18 Å². The molecule has 1 N–H and O–H groups in total. The Labute approximate surface area is 79.6 Å². The summed E-state index contributed by atoms with van der Waals surface area (Å²) in [4.78, 5) is 10.9. The predicted molar refractivity (Wildman–Crippen MR) is 47.1 cm³/mol. The molecule has 0 aliphatic carbocycles. The number of anilines is 1. The molecule has 1 heterocycles. The van der Waals surface area contributed by atoms with Crippen molar-refractivity contribution in [3.63, 3.8) is 0 Å². The van der Waals surface area contributed by atoms with E-state index < -0.39 is 5.82 Å². The van der Waals surface area contributed by atoms with Gasteiger partial charge in [-0.3, -0.25) is 4.79 Å². The summed E-state index contributed by atoms with van der Waals surface area (Å²) in [5.74, 6) is -0.583. The van der Waals surface area contributed by atoms with Crippen molar-refractivity contribution >= 4 is 11.6 Å². The van der Waals surface area contributed by atoms with Gasteiger partial charge < -0.3 is 14.8 Å². The van der Waals surface area contributed by atoms with Crippen molar-refractivity contribution in [2.75, 3.05) is 19.0 Å². The van der Waals surface area contributed by atoms with Crippen LogP contribution in [0.3, 0.4) is 0 Å². The number of fused-ring (bicyclic) bond motifs is 1. The molecule has 5 heteroatoms. The number of methoxy groups -OCH3 is 1. The molecule has 1 amide bonds. The molecule has 2 rings (SSSR count). The Kier molecular flexibility index (Phi) is 1.99. The summed E-state index contributed by atoms with van der Waals surface area (Å²) in [6.07, 6.45) is 0. The van der Waals surface area contributed by atoms with Gasteiger partial charge in [0.1, 0.15) is 11.4 Å². The van der Waals surface area contributed by atoms with Crippen LogP contribution in [-0.2, 0) is 4.79 Å². The maximum Gasteiger partial charge on any atom is 0.262 e. The standard InChI is InChI=1S/C9H8FNO3/c1-13-5-2-3-6-9(8(5)10)11-7(12)4-14-6/h2-3H,4H2,1H3,(H,11,12). The van der Waals surface area contributed by atoms with Crippen LogP contribution in [0.5, 0.6) is 11.5 Å². The quantitative estimate of drug-likeness (QED) is 0.735. The highest BCUT2D eigenvalue weighted by Crippen LogP contribution is 2.35. The van der Waals surface area contributed by atoms with Crippen LogP contribution in [0.4, 0.5) is 10.1 Å². The van der Waals surface area contributed by atoms with Crippen LogP contribution < -0.4 is 14.8 Å². The maximum absolute atomic E-state index is 13.5. The number of nitrogens with one attached hydrogen (secondary N) is 1. The zero-order valence-electron chi connectivity index (χ0n) is 7.46. The third-order valence-corrected chi connectivity index (χ3v) is 1.91. The normalized spacial score (nSPS) is 14.0. The number of amides is 1. The molecule has 0 radical (unpaired) electrons. The fourth-order valence-electron chi connectivity index (χ4n) is 1.25. The number of carbonyl (C=O) groups is 1. The molecule has 1 aromatic carbocycles. The van der Waals surface area contributed by atoms with Crippen LogP contribution in [0.15, 0.2) is 12.1 Å². The number of hydrogen-bond acceptors (Lipinski definition) is 3. The van der Waals surface area contributed by atoms with E-state index in [0.29, 0.717) is 5.75 Å². The number of halogens is 1. The van der Waals surface area contributed by atoms with Gasteiger partial charge in [-0.05, 0) is 12.1 Å². The minimum atomic E-state index is -0.613. The van der Waals surface area contributed by atoms with Gasteiger partial charge in [0, 0.05) is 0 Å². The van der Waals surface area contributed by atoms with Gasteiger partial charge in [-0.25, -0.2) is 4.39 Å². The first kappa shape index (κ1) is 8.80. The van der Waals surface area contributed by atoms with E-state index in [0.717, 1.165) is 0 Å². The average molecular weight is 197 g/mol. The first-order chi connectivity index (χ1) is 6.72. The summed E-state index contributed by atoms with van der Waals surface area (Å²) >= 11 is 0. The fourth-order valence-corrected chi connectivity index (χ4v) is 1.25. The summed E-state index contributed by atoms with van der Waals surface area (Å²) in [6, 6.07) is 3.00. The van der Waals surface area contributed by atoms with Gasteiger partial charge in [0.15, 0.2) is 18.2 Å². The summed E-state index contributed by atoms with van der Waals surface area (Å²) < 4.78 is 23.3. The van der Waals surface area contributed by atoms with E-state index in [-0.39, 0.29) is 24.0 Å². The molecule has 0 unspecified atom stereocenters. The molecule has 0 saturated carbocycles. The zero-order chi connectivity index (χ0) is 10.1. The van der Waals surface area contributed by atoms with Crippen molar-refractivity contribution in [3.8, 4) is 11.5 Å².